The number of thiazole rings is 1. The zero-order valence-corrected chi connectivity index (χ0v) is 34.0. The molecule has 14 heteroatoms. The molecular formula is C42H54FN7O5S. The molecule has 0 saturated carbocycles. The van der Waals surface area contributed by atoms with Crippen LogP contribution >= 0.6 is 11.3 Å². The van der Waals surface area contributed by atoms with Gasteiger partial charge in [0.05, 0.1) is 28.0 Å². The van der Waals surface area contributed by atoms with E-state index in [2.05, 4.69) is 28.9 Å². The van der Waals surface area contributed by atoms with Crippen molar-refractivity contribution in [1.82, 2.24) is 29.5 Å². The third-order valence-electron chi connectivity index (χ3n) is 11.6. The number of likely N-dealkylation sites (tertiary alicyclic amines) is 2. The molecule has 3 fully saturated rings. The molecule has 3 saturated heterocycles. The molecule has 5 heterocycles. The topological polar surface area (TPSA) is 110 Å². The maximum Gasteiger partial charge on any atom is 0.410 e. The van der Waals surface area contributed by atoms with Crippen LogP contribution in [0, 0.1) is 5.82 Å². The fourth-order valence-electron chi connectivity index (χ4n) is 8.59. The molecule has 3 aromatic rings. The van der Waals surface area contributed by atoms with Gasteiger partial charge in [-0.1, -0.05) is 12.1 Å². The first-order chi connectivity index (χ1) is 26.8. The number of aromatic nitrogens is 1. The minimum atomic E-state index is -0.803. The van der Waals surface area contributed by atoms with Gasteiger partial charge >= 0.3 is 6.09 Å². The second kappa shape index (κ2) is 16.6. The number of rotatable bonds is 9. The van der Waals surface area contributed by atoms with Crippen LogP contribution in [0.25, 0.3) is 16.3 Å². The third-order valence-corrected chi connectivity index (χ3v) is 12.6. The highest BCUT2D eigenvalue weighted by Crippen LogP contribution is 2.38. The summed E-state index contributed by atoms with van der Waals surface area (Å²) >= 11 is 1.48. The lowest BCUT2D eigenvalue weighted by atomic mass is 9.93. The first-order valence-corrected chi connectivity index (χ1v) is 20.8. The number of benzene rings is 2. The number of nitrogens with zero attached hydrogens (tertiary/aromatic N) is 7. The lowest BCUT2D eigenvalue weighted by molar-refractivity contribution is -0.148. The molecule has 2 aromatic carbocycles. The highest BCUT2D eigenvalue weighted by Gasteiger charge is 2.51. The predicted molar refractivity (Wildman–Crippen MR) is 216 cm³/mol. The van der Waals surface area contributed by atoms with E-state index in [0.29, 0.717) is 42.7 Å². The van der Waals surface area contributed by atoms with Crippen molar-refractivity contribution >= 4 is 57.1 Å². The number of fused-ring (bicyclic) bond motifs is 3. The van der Waals surface area contributed by atoms with Crippen LogP contribution in [0.4, 0.5) is 14.9 Å². The molecule has 4 amide bonds. The number of para-hydroxylation sites is 1. The summed E-state index contributed by atoms with van der Waals surface area (Å²) in [6, 6.07) is 11.2. The Morgan fingerprint density at radius 1 is 1.02 bits per heavy atom. The zero-order valence-electron chi connectivity index (χ0n) is 33.2. The van der Waals surface area contributed by atoms with E-state index in [-0.39, 0.29) is 36.1 Å². The van der Waals surface area contributed by atoms with Crippen LogP contribution < -0.4 is 4.90 Å². The Morgan fingerprint density at radius 2 is 1.75 bits per heavy atom. The van der Waals surface area contributed by atoms with Gasteiger partial charge in [-0.05, 0) is 136 Å². The van der Waals surface area contributed by atoms with Gasteiger partial charge in [0.2, 0.25) is 5.91 Å². The lowest BCUT2D eigenvalue weighted by Gasteiger charge is -2.54. The molecule has 4 aliphatic heterocycles. The Balaban J connectivity index is 1.09. The summed E-state index contributed by atoms with van der Waals surface area (Å²) in [5.41, 5.74) is 0.728. The molecule has 0 bridgehead atoms. The smallest absolute Gasteiger partial charge is 0.410 e. The van der Waals surface area contributed by atoms with Crippen molar-refractivity contribution in [3.63, 3.8) is 0 Å². The molecule has 0 N–H and O–H groups in total. The normalized spacial score (nSPS) is 21.7. The van der Waals surface area contributed by atoms with Crippen molar-refractivity contribution in [3.05, 3.63) is 64.9 Å². The van der Waals surface area contributed by atoms with E-state index >= 15 is 0 Å². The first kappa shape index (κ1) is 39.8. The average Bonchev–Trinajstić information content (AvgIpc) is 3.59. The van der Waals surface area contributed by atoms with Crippen molar-refractivity contribution in [2.75, 3.05) is 58.3 Å². The summed E-state index contributed by atoms with van der Waals surface area (Å²) in [5, 5.41) is 0.673. The second-order valence-electron chi connectivity index (χ2n) is 16.6. The minimum absolute atomic E-state index is 0.0130. The summed E-state index contributed by atoms with van der Waals surface area (Å²) in [6.07, 6.45) is 7.33. The number of anilines is 1. The summed E-state index contributed by atoms with van der Waals surface area (Å²) in [6.45, 7) is 9.57. The number of piperidine rings is 2. The SMILES string of the molecule is CN1CCC(N2C[C@@H]3N(C(=O)/C=C/c4nc5ccccc5s4)c4ccc(F)cc4C(=O)N3[C@@H](CCCCN(C)C3CCN(C(=O)OC(C)(C)C)CC3)C2=O)CC1. The Kier molecular flexibility index (Phi) is 11.8. The predicted octanol–water partition coefficient (Wildman–Crippen LogP) is 6.07. The number of carbonyl (C=O) groups excluding carboxylic acids is 4. The summed E-state index contributed by atoms with van der Waals surface area (Å²) in [4.78, 5) is 72.0. The maximum atomic E-state index is 14.8. The van der Waals surface area contributed by atoms with E-state index in [9.17, 15) is 23.6 Å². The molecule has 1 aromatic heterocycles. The minimum Gasteiger partial charge on any atom is -0.444 e. The molecule has 0 radical (unpaired) electrons. The van der Waals surface area contributed by atoms with Crippen molar-refractivity contribution in [2.24, 2.45) is 0 Å². The molecule has 0 spiro atoms. The van der Waals surface area contributed by atoms with Crippen molar-refractivity contribution in [2.45, 2.75) is 95.6 Å². The number of unbranched alkanes of at least 4 members (excludes halogenated alkanes) is 1. The van der Waals surface area contributed by atoms with Gasteiger partial charge in [0, 0.05) is 31.2 Å². The number of hydrogen-bond acceptors (Lipinski definition) is 9. The fraction of sp³-hybridized carbons (Fsp3) is 0.548. The zero-order chi connectivity index (χ0) is 39.7. The van der Waals surface area contributed by atoms with Gasteiger partial charge in [0.25, 0.3) is 11.8 Å². The van der Waals surface area contributed by atoms with Crippen LogP contribution in [0.2, 0.25) is 0 Å². The van der Waals surface area contributed by atoms with E-state index in [1.807, 2.05) is 49.9 Å². The van der Waals surface area contributed by atoms with Gasteiger partial charge in [-0.2, -0.15) is 0 Å². The highest BCUT2D eigenvalue weighted by atomic mass is 32.1. The van der Waals surface area contributed by atoms with Crippen LogP contribution in [0.3, 0.4) is 0 Å². The van der Waals surface area contributed by atoms with Gasteiger partial charge in [0.1, 0.15) is 28.6 Å². The van der Waals surface area contributed by atoms with Gasteiger partial charge in [-0.15, -0.1) is 11.3 Å². The standard InChI is InChI=1S/C42H54FN7O5S/c1-42(2,3)55-41(54)47-24-19-29(20-25-47)46(5)21-9-8-11-34-40(53)48(30-17-22-45(4)23-18-30)27-37-49(33-14-13-28(43)26-31(33)39(52)50(34)37)38(51)16-15-36-44-32-10-6-7-12-35(32)56-36/h6-7,10,12-16,26,29-30,34,37H,8-9,11,17-25,27H2,1-5H3/b16-15+/t34-,37+/m0/s1. The molecule has 7 rings (SSSR count). The number of amides is 4. The van der Waals surface area contributed by atoms with Crippen LogP contribution in [0.15, 0.2) is 48.5 Å². The van der Waals surface area contributed by atoms with E-state index in [1.165, 1.54) is 35.6 Å². The van der Waals surface area contributed by atoms with E-state index in [1.54, 1.807) is 20.8 Å². The summed E-state index contributed by atoms with van der Waals surface area (Å²) in [7, 11) is 4.18. The molecule has 0 aliphatic carbocycles. The van der Waals surface area contributed by atoms with Crippen LogP contribution in [0.1, 0.15) is 81.1 Å². The molecule has 12 nitrogen and oxygen atoms in total. The summed E-state index contributed by atoms with van der Waals surface area (Å²) in [5.74, 6) is -1.49. The van der Waals surface area contributed by atoms with Crippen molar-refractivity contribution < 1.29 is 28.3 Å². The Bertz CT molecular complexity index is 1930. The number of hydrogen-bond donors (Lipinski definition) is 0. The highest BCUT2D eigenvalue weighted by molar-refractivity contribution is 7.19. The Labute approximate surface area is 332 Å². The fourth-order valence-corrected chi connectivity index (χ4v) is 9.46. The van der Waals surface area contributed by atoms with Crippen LogP contribution in [-0.2, 0) is 14.3 Å². The van der Waals surface area contributed by atoms with Crippen LogP contribution in [0.5, 0.6) is 0 Å². The summed E-state index contributed by atoms with van der Waals surface area (Å²) < 4.78 is 21.4. The maximum absolute atomic E-state index is 14.8. The Hall–Kier alpha value is -4.40. The molecule has 300 valence electrons. The van der Waals surface area contributed by atoms with E-state index in [4.69, 9.17) is 4.74 Å². The molecule has 2 atom stereocenters. The molecule has 0 unspecified atom stereocenters. The monoisotopic (exact) mass is 787 g/mol. The van der Waals surface area contributed by atoms with Crippen molar-refractivity contribution in [1.29, 1.82) is 0 Å². The van der Waals surface area contributed by atoms with Gasteiger partial charge < -0.3 is 29.2 Å². The molecule has 56 heavy (non-hydrogen) atoms. The molecule has 4 aliphatic rings. The lowest BCUT2D eigenvalue weighted by Crippen LogP contribution is -2.72. The first-order valence-electron chi connectivity index (χ1n) is 19.9. The van der Waals surface area contributed by atoms with Gasteiger partial charge in [-0.3, -0.25) is 19.3 Å². The number of carbonyl (C=O) groups is 4. The third kappa shape index (κ3) is 8.62. The number of halogens is 1. The molecular weight excluding hydrogens is 734 g/mol. The second-order valence-corrected chi connectivity index (χ2v) is 17.7. The van der Waals surface area contributed by atoms with Gasteiger partial charge in [0.15, 0.2) is 0 Å². The number of ether oxygens (including phenoxy) is 1. The van der Waals surface area contributed by atoms with Gasteiger partial charge in [-0.25, -0.2) is 14.2 Å². The average molecular weight is 788 g/mol. The van der Waals surface area contributed by atoms with E-state index < -0.39 is 29.5 Å². The largest absolute Gasteiger partial charge is 0.444 e. The van der Waals surface area contributed by atoms with E-state index in [0.717, 1.165) is 62.0 Å². The quantitative estimate of drug-likeness (QED) is 0.190. The van der Waals surface area contributed by atoms with Crippen LogP contribution in [-0.4, -0.2) is 137 Å². The van der Waals surface area contributed by atoms with Crippen molar-refractivity contribution in [3.8, 4) is 0 Å². The number of piperazine rings is 1. The Morgan fingerprint density at radius 3 is 2.46 bits per heavy atom.